The molecular formula is C17H20FN3O3. The molecule has 1 amide bonds. The molecule has 2 atom stereocenters. The maximum atomic E-state index is 13.5. The Morgan fingerprint density at radius 2 is 2.25 bits per heavy atom. The Morgan fingerprint density at radius 3 is 2.92 bits per heavy atom. The van der Waals surface area contributed by atoms with Gasteiger partial charge in [0, 0.05) is 30.3 Å². The van der Waals surface area contributed by atoms with Gasteiger partial charge in [0.15, 0.2) is 11.6 Å². The summed E-state index contributed by atoms with van der Waals surface area (Å²) >= 11 is 0. The van der Waals surface area contributed by atoms with Gasteiger partial charge in [0.05, 0.1) is 18.9 Å². The standard InChI is InChI=1S/C17H20FN3O3/c1-10-5-13(20-19-10)6-12-8-21(9-15(12)22)17(23)11-3-4-14(18)16(7-11)24-2/h3-5,7,12,15,22H,6,8-9H2,1-2H3,(H,19,20)/t12-,15-/m1/s1. The minimum Gasteiger partial charge on any atom is -0.494 e. The third kappa shape index (κ3) is 3.26. The summed E-state index contributed by atoms with van der Waals surface area (Å²) in [5.41, 5.74) is 2.18. The zero-order valence-electron chi connectivity index (χ0n) is 13.6. The van der Waals surface area contributed by atoms with Gasteiger partial charge in [-0.2, -0.15) is 5.10 Å². The number of β-amino-alcohol motifs (C(OH)–C–C–N with tert-alkyl or cyclic N) is 1. The molecule has 1 aromatic carbocycles. The van der Waals surface area contributed by atoms with Gasteiger partial charge in [-0.05, 0) is 37.6 Å². The molecule has 1 aliphatic rings. The lowest BCUT2D eigenvalue weighted by Crippen LogP contribution is -2.29. The van der Waals surface area contributed by atoms with Gasteiger partial charge in [-0.1, -0.05) is 0 Å². The molecule has 0 saturated carbocycles. The minimum absolute atomic E-state index is 0.0316. The fourth-order valence-electron chi connectivity index (χ4n) is 3.04. The summed E-state index contributed by atoms with van der Waals surface area (Å²) < 4.78 is 18.4. The molecule has 0 unspecified atom stereocenters. The Hall–Kier alpha value is -2.41. The fraction of sp³-hybridized carbons (Fsp3) is 0.412. The topological polar surface area (TPSA) is 78.5 Å². The highest BCUT2D eigenvalue weighted by Gasteiger charge is 2.35. The van der Waals surface area contributed by atoms with Crippen molar-refractivity contribution in [1.29, 1.82) is 0 Å². The summed E-state index contributed by atoms with van der Waals surface area (Å²) in [7, 11) is 1.36. The van der Waals surface area contributed by atoms with Crippen molar-refractivity contribution >= 4 is 5.91 Å². The van der Waals surface area contributed by atoms with Crippen LogP contribution in [0.15, 0.2) is 24.3 Å². The van der Waals surface area contributed by atoms with E-state index in [0.29, 0.717) is 18.5 Å². The van der Waals surface area contributed by atoms with Crippen molar-refractivity contribution in [3.8, 4) is 5.75 Å². The van der Waals surface area contributed by atoms with Gasteiger partial charge < -0.3 is 14.7 Å². The SMILES string of the molecule is COc1cc(C(=O)N2C[C@@H](Cc3cc(C)[nH]n3)[C@H](O)C2)ccc1F. The lowest BCUT2D eigenvalue weighted by molar-refractivity contribution is 0.0764. The van der Waals surface area contributed by atoms with Crippen molar-refractivity contribution in [1.82, 2.24) is 15.1 Å². The van der Waals surface area contributed by atoms with E-state index in [1.807, 2.05) is 13.0 Å². The van der Waals surface area contributed by atoms with Gasteiger partial charge >= 0.3 is 0 Å². The number of hydrogen-bond donors (Lipinski definition) is 2. The summed E-state index contributed by atoms with van der Waals surface area (Å²) in [6, 6.07) is 5.95. The molecule has 7 heteroatoms. The predicted molar refractivity (Wildman–Crippen MR) is 85.4 cm³/mol. The molecule has 24 heavy (non-hydrogen) atoms. The summed E-state index contributed by atoms with van der Waals surface area (Å²) in [6.45, 7) is 2.61. The molecule has 0 radical (unpaired) electrons. The molecule has 0 spiro atoms. The van der Waals surface area contributed by atoms with Crippen LogP contribution in [0.2, 0.25) is 0 Å². The Balaban J connectivity index is 1.70. The van der Waals surface area contributed by atoms with Crippen LogP contribution in [0.3, 0.4) is 0 Å². The number of nitrogens with zero attached hydrogens (tertiary/aromatic N) is 2. The number of aliphatic hydroxyl groups excluding tert-OH is 1. The van der Waals surface area contributed by atoms with E-state index in [1.54, 1.807) is 4.90 Å². The average Bonchev–Trinajstić information content (AvgIpc) is 3.14. The number of carbonyl (C=O) groups is 1. The molecule has 1 fully saturated rings. The number of aromatic nitrogens is 2. The van der Waals surface area contributed by atoms with Crippen LogP contribution in [0.5, 0.6) is 5.75 Å². The largest absolute Gasteiger partial charge is 0.494 e. The second kappa shape index (κ2) is 6.60. The number of hydrogen-bond acceptors (Lipinski definition) is 4. The van der Waals surface area contributed by atoms with Crippen molar-refractivity contribution in [3.63, 3.8) is 0 Å². The van der Waals surface area contributed by atoms with Gasteiger partial charge in [0.1, 0.15) is 0 Å². The summed E-state index contributed by atoms with van der Waals surface area (Å²) in [4.78, 5) is 14.2. The van der Waals surface area contributed by atoms with Gasteiger partial charge in [0.2, 0.25) is 0 Å². The number of aromatic amines is 1. The molecule has 128 valence electrons. The average molecular weight is 333 g/mol. The van der Waals surface area contributed by atoms with Crippen LogP contribution in [-0.4, -0.2) is 52.4 Å². The van der Waals surface area contributed by atoms with E-state index in [0.717, 1.165) is 11.4 Å². The lowest BCUT2D eigenvalue weighted by Gasteiger charge is -2.16. The van der Waals surface area contributed by atoms with Crippen molar-refractivity contribution in [2.75, 3.05) is 20.2 Å². The molecule has 1 aliphatic heterocycles. The maximum absolute atomic E-state index is 13.5. The number of ether oxygens (including phenoxy) is 1. The zero-order valence-corrected chi connectivity index (χ0v) is 13.6. The van der Waals surface area contributed by atoms with Crippen LogP contribution in [0.25, 0.3) is 0 Å². The summed E-state index contributed by atoms with van der Waals surface area (Å²) in [5.74, 6) is -0.793. The molecule has 1 saturated heterocycles. The summed E-state index contributed by atoms with van der Waals surface area (Å²) in [5, 5.41) is 17.3. The van der Waals surface area contributed by atoms with Crippen molar-refractivity contribution in [2.24, 2.45) is 5.92 Å². The molecule has 2 heterocycles. The zero-order chi connectivity index (χ0) is 17.3. The number of carbonyl (C=O) groups excluding carboxylic acids is 1. The van der Waals surface area contributed by atoms with E-state index < -0.39 is 11.9 Å². The third-order valence-corrected chi connectivity index (χ3v) is 4.32. The Bertz CT molecular complexity index is 746. The third-order valence-electron chi connectivity index (χ3n) is 4.32. The Labute approximate surface area is 139 Å². The van der Waals surface area contributed by atoms with Crippen LogP contribution in [0, 0.1) is 18.7 Å². The van der Waals surface area contributed by atoms with E-state index in [-0.39, 0.29) is 24.1 Å². The monoisotopic (exact) mass is 333 g/mol. The van der Waals surface area contributed by atoms with Crippen molar-refractivity contribution in [2.45, 2.75) is 19.4 Å². The number of likely N-dealkylation sites (tertiary alicyclic amines) is 1. The van der Waals surface area contributed by atoms with E-state index in [1.165, 1.54) is 25.3 Å². The van der Waals surface area contributed by atoms with Gasteiger partial charge in [-0.3, -0.25) is 9.89 Å². The Kier molecular flexibility index (Phi) is 4.53. The summed E-state index contributed by atoms with van der Waals surface area (Å²) in [6.07, 6.45) is -0.00419. The van der Waals surface area contributed by atoms with E-state index in [9.17, 15) is 14.3 Å². The normalized spacial score (nSPS) is 20.4. The maximum Gasteiger partial charge on any atom is 0.254 e. The predicted octanol–water partition coefficient (Wildman–Crippen LogP) is 1.54. The highest BCUT2D eigenvalue weighted by molar-refractivity contribution is 5.94. The van der Waals surface area contributed by atoms with Crippen molar-refractivity contribution in [3.05, 3.63) is 47.0 Å². The quantitative estimate of drug-likeness (QED) is 0.890. The molecule has 0 aliphatic carbocycles. The smallest absolute Gasteiger partial charge is 0.254 e. The van der Waals surface area contributed by atoms with Crippen molar-refractivity contribution < 1.29 is 19.0 Å². The second-order valence-corrected chi connectivity index (χ2v) is 6.13. The van der Waals surface area contributed by atoms with Gasteiger partial charge in [-0.25, -0.2) is 4.39 Å². The number of H-pyrrole nitrogens is 1. The molecule has 3 rings (SSSR count). The van der Waals surface area contributed by atoms with Crippen LogP contribution in [0.1, 0.15) is 21.7 Å². The number of halogens is 1. The molecule has 0 bridgehead atoms. The molecule has 1 aromatic heterocycles. The number of aryl methyl sites for hydroxylation is 1. The van der Waals surface area contributed by atoms with E-state index >= 15 is 0 Å². The molecular weight excluding hydrogens is 313 g/mol. The van der Waals surface area contributed by atoms with Gasteiger partial charge in [0.25, 0.3) is 5.91 Å². The number of amides is 1. The van der Waals surface area contributed by atoms with Crippen LogP contribution in [0.4, 0.5) is 4.39 Å². The van der Waals surface area contributed by atoms with E-state index in [4.69, 9.17) is 4.74 Å². The van der Waals surface area contributed by atoms with Crippen LogP contribution >= 0.6 is 0 Å². The first-order valence-electron chi connectivity index (χ1n) is 7.79. The number of aliphatic hydroxyl groups is 1. The van der Waals surface area contributed by atoms with Crippen LogP contribution < -0.4 is 4.74 Å². The van der Waals surface area contributed by atoms with E-state index in [2.05, 4.69) is 10.2 Å². The molecule has 2 N–H and O–H groups in total. The number of rotatable bonds is 4. The highest BCUT2D eigenvalue weighted by atomic mass is 19.1. The fourth-order valence-corrected chi connectivity index (χ4v) is 3.04. The molecule has 6 nitrogen and oxygen atoms in total. The molecule has 2 aromatic rings. The second-order valence-electron chi connectivity index (χ2n) is 6.13. The number of nitrogens with one attached hydrogen (secondary N) is 1. The first kappa shape index (κ1) is 16.4. The first-order chi connectivity index (χ1) is 11.5. The van der Waals surface area contributed by atoms with Crippen LogP contribution in [-0.2, 0) is 6.42 Å². The minimum atomic E-state index is -0.603. The highest BCUT2D eigenvalue weighted by Crippen LogP contribution is 2.25. The number of benzene rings is 1. The van der Waals surface area contributed by atoms with Gasteiger partial charge in [-0.15, -0.1) is 0 Å². The number of methoxy groups -OCH3 is 1. The lowest BCUT2D eigenvalue weighted by atomic mass is 10.0. The Morgan fingerprint density at radius 1 is 1.46 bits per heavy atom. The first-order valence-corrected chi connectivity index (χ1v) is 7.79.